The summed E-state index contributed by atoms with van der Waals surface area (Å²) in [5, 5.41) is 2.89. The Hall–Kier alpha value is -2.17. The Balaban J connectivity index is 1.70. The molecular weight excluding hydrogens is 297 g/mol. The van der Waals surface area contributed by atoms with Crippen molar-refractivity contribution in [3.63, 3.8) is 0 Å². The van der Waals surface area contributed by atoms with Crippen LogP contribution < -0.4 is 5.32 Å². The van der Waals surface area contributed by atoms with Crippen molar-refractivity contribution in [2.24, 2.45) is 5.92 Å². The number of ether oxygens (including phenoxy) is 1. The Morgan fingerprint density at radius 2 is 2.04 bits per heavy atom. The van der Waals surface area contributed by atoms with E-state index in [0.29, 0.717) is 11.5 Å². The van der Waals surface area contributed by atoms with Crippen molar-refractivity contribution in [2.45, 2.75) is 38.6 Å². The van der Waals surface area contributed by atoms with Crippen LogP contribution in [0.2, 0.25) is 0 Å². The highest BCUT2D eigenvalue weighted by atomic mass is 19.1. The van der Waals surface area contributed by atoms with Gasteiger partial charge in [-0.1, -0.05) is 19.1 Å². The molecule has 4 nitrogen and oxygen atoms in total. The predicted molar refractivity (Wildman–Crippen MR) is 86.0 cm³/mol. The van der Waals surface area contributed by atoms with E-state index in [2.05, 4.69) is 12.2 Å². The van der Waals surface area contributed by atoms with Crippen molar-refractivity contribution < 1.29 is 18.7 Å². The molecule has 1 aliphatic rings. The number of carbonyl (C=O) groups is 2. The third-order valence-corrected chi connectivity index (χ3v) is 3.99. The number of nitrogens with one attached hydrogen (secondary N) is 1. The number of halogens is 1. The van der Waals surface area contributed by atoms with Crippen molar-refractivity contribution >= 4 is 18.0 Å². The van der Waals surface area contributed by atoms with E-state index in [9.17, 15) is 14.0 Å². The maximum absolute atomic E-state index is 13.0. The molecule has 2 rings (SSSR count). The van der Waals surface area contributed by atoms with Crippen molar-refractivity contribution in [3.8, 4) is 0 Å². The molecule has 0 saturated heterocycles. The first-order valence-electron chi connectivity index (χ1n) is 7.92. The lowest BCUT2D eigenvalue weighted by molar-refractivity contribution is -0.144. The molecule has 1 aliphatic carbocycles. The topological polar surface area (TPSA) is 55.4 Å². The van der Waals surface area contributed by atoms with Crippen LogP contribution in [0.4, 0.5) is 4.39 Å². The van der Waals surface area contributed by atoms with Gasteiger partial charge in [-0.05, 0) is 55.4 Å². The number of amides is 1. The molecule has 1 N–H and O–H groups in total. The molecule has 0 bridgehead atoms. The van der Waals surface area contributed by atoms with E-state index in [0.717, 1.165) is 25.7 Å². The van der Waals surface area contributed by atoms with E-state index in [1.165, 1.54) is 24.3 Å². The second-order valence-corrected chi connectivity index (χ2v) is 6.02. The molecule has 0 atom stereocenters. The number of carbonyl (C=O) groups excluding carboxylic acids is 2. The standard InChI is InChI=1S/C18H22FNO3/c1-13-5-8-16(9-6-13)20-17(21)12-23-18(22)10-7-14-3-2-4-15(19)11-14/h2-4,7,10-11,13,16H,5-6,8-9,12H2,1H3,(H,20,21)/b10-7+. The average Bonchev–Trinajstić information content (AvgIpc) is 2.53. The number of benzene rings is 1. The summed E-state index contributed by atoms with van der Waals surface area (Å²) in [6.45, 7) is 1.92. The molecule has 0 aliphatic heterocycles. The fraction of sp³-hybridized carbons (Fsp3) is 0.444. The van der Waals surface area contributed by atoms with Gasteiger partial charge in [-0.25, -0.2) is 9.18 Å². The quantitative estimate of drug-likeness (QED) is 0.670. The second kappa shape index (κ2) is 8.46. The van der Waals surface area contributed by atoms with E-state index < -0.39 is 5.97 Å². The molecule has 1 aromatic carbocycles. The average molecular weight is 319 g/mol. The van der Waals surface area contributed by atoms with Crippen molar-refractivity contribution in [3.05, 3.63) is 41.7 Å². The first-order valence-corrected chi connectivity index (χ1v) is 7.92. The van der Waals surface area contributed by atoms with Crippen molar-refractivity contribution in [2.75, 3.05) is 6.61 Å². The van der Waals surface area contributed by atoms with Crippen LogP contribution in [-0.2, 0) is 14.3 Å². The highest BCUT2D eigenvalue weighted by molar-refractivity contribution is 5.89. The van der Waals surface area contributed by atoms with Crippen LogP contribution >= 0.6 is 0 Å². The Labute approximate surface area is 135 Å². The molecule has 0 heterocycles. The maximum atomic E-state index is 13.0. The maximum Gasteiger partial charge on any atom is 0.331 e. The summed E-state index contributed by atoms with van der Waals surface area (Å²) in [6, 6.07) is 6.04. The van der Waals surface area contributed by atoms with Gasteiger partial charge in [-0.15, -0.1) is 0 Å². The monoisotopic (exact) mass is 319 g/mol. The van der Waals surface area contributed by atoms with Gasteiger partial charge in [0.05, 0.1) is 0 Å². The third-order valence-electron chi connectivity index (χ3n) is 3.99. The van der Waals surface area contributed by atoms with Gasteiger partial charge in [0.15, 0.2) is 6.61 Å². The van der Waals surface area contributed by atoms with Gasteiger partial charge in [0.25, 0.3) is 5.91 Å². The Morgan fingerprint density at radius 1 is 1.30 bits per heavy atom. The molecule has 23 heavy (non-hydrogen) atoms. The molecule has 1 amide bonds. The minimum Gasteiger partial charge on any atom is -0.452 e. The van der Waals surface area contributed by atoms with E-state index in [1.54, 1.807) is 12.1 Å². The van der Waals surface area contributed by atoms with Crippen LogP contribution in [0, 0.1) is 11.7 Å². The summed E-state index contributed by atoms with van der Waals surface area (Å²) >= 11 is 0. The molecule has 1 fully saturated rings. The normalized spacial score (nSPS) is 21.1. The molecule has 0 unspecified atom stereocenters. The first-order chi connectivity index (χ1) is 11.0. The molecule has 0 aromatic heterocycles. The lowest BCUT2D eigenvalue weighted by Crippen LogP contribution is -2.39. The second-order valence-electron chi connectivity index (χ2n) is 6.02. The van der Waals surface area contributed by atoms with Crippen molar-refractivity contribution in [1.29, 1.82) is 0 Å². The fourth-order valence-corrected chi connectivity index (χ4v) is 2.63. The van der Waals surface area contributed by atoms with E-state index in [-0.39, 0.29) is 24.4 Å². The molecule has 0 spiro atoms. The summed E-state index contributed by atoms with van der Waals surface area (Å²) in [5.41, 5.74) is 0.558. The largest absolute Gasteiger partial charge is 0.452 e. The van der Waals surface area contributed by atoms with Gasteiger partial charge in [0.2, 0.25) is 0 Å². The Morgan fingerprint density at radius 3 is 2.74 bits per heavy atom. The zero-order valence-corrected chi connectivity index (χ0v) is 13.3. The van der Waals surface area contributed by atoms with Crippen LogP contribution in [0.3, 0.4) is 0 Å². The van der Waals surface area contributed by atoms with Crippen LogP contribution in [0.15, 0.2) is 30.3 Å². The minimum absolute atomic E-state index is 0.181. The Kier molecular flexibility index (Phi) is 6.32. The zero-order valence-electron chi connectivity index (χ0n) is 13.3. The summed E-state index contributed by atoms with van der Waals surface area (Å²) < 4.78 is 17.9. The summed E-state index contributed by atoms with van der Waals surface area (Å²) in [6.07, 6.45) is 6.80. The summed E-state index contributed by atoms with van der Waals surface area (Å²) in [7, 11) is 0. The van der Waals surface area contributed by atoms with E-state index in [1.807, 2.05) is 0 Å². The van der Waals surface area contributed by atoms with E-state index >= 15 is 0 Å². The van der Waals surface area contributed by atoms with Gasteiger partial charge >= 0.3 is 5.97 Å². The van der Waals surface area contributed by atoms with Crippen LogP contribution in [0.25, 0.3) is 6.08 Å². The SMILES string of the molecule is CC1CCC(NC(=O)COC(=O)/C=C/c2cccc(F)c2)CC1. The minimum atomic E-state index is -0.623. The van der Waals surface area contributed by atoms with Gasteiger partial charge in [-0.3, -0.25) is 4.79 Å². The van der Waals surface area contributed by atoms with Crippen LogP contribution in [0.5, 0.6) is 0 Å². The van der Waals surface area contributed by atoms with Gasteiger partial charge in [0.1, 0.15) is 5.82 Å². The lowest BCUT2D eigenvalue weighted by Gasteiger charge is -2.26. The molecule has 5 heteroatoms. The van der Waals surface area contributed by atoms with Gasteiger partial charge in [-0.2, -0.15) is 0 Å². The summed E-state index contributed by atoms with van der Waals surface area (Å²) in [4.78, 5) is 23.3. The smallest absolute Gasteiger partial charge is 0.331 e. The Bertz CT molecular complexity index is 577. The lowest BCUT2D eigenvalue weighted by atomic mass is 9.87. The molecule has 1 saturated carbocycles. The number of esters is 1. The summed E-state index contributed by atoms with van der Waals surface area (Å²) in [5.74, 6) is -0.561. The predicted octanol–water partition coefficient (Wildman–Crippen LogP) is 3.08. The molecule has 124 valence electrons. The third kappa shape index (κ3) is 6.22. The highest BCUT2D eigenvalue weighted by Gasteiger charge is 2.19. The fourth-order valence-electron chi connectivity index (χ4n) is 2.63. The number of hydrogen-bond acceptors (Lipinski definition) is 3. The highest BCUT2D eigenvalue weighted by Crippen LogP contribution is 2.23. The van der Waals surface area contributed by atoms with Crippen LogP contribution in [-0.4, -0.2) is 24.5 Å². The molecule has 0 radical (unpaired) electrons. The number of hydrogen-bond donors (Lipinski definition) is 1. The molecule has 1 aromatic rings. The van der Waals surface area contributed by atoms with E-state index in [4.69, 9.17) is 4.74 Å². The number of rotatable bonds is 5. The van der Waals surface area contributed by atoms with Gasteiger partial charge in [0, 0.05) is 12.1 Å². The van der Waals surface area contributed by atoms with Crippen LogP contribution in [0.1, 0.15) is 38.2 Å². The van der Waals surface area contributed by atoms with Crippen molar-refractivity contribution in [1.82, 2.24) is 5.32 Å². The zero-order chi connectivity index (χ0) is 16.7. The first kappa shape index (κ1) is 17.2. The molecular formula is C18H22FNO3. The van der Waals surface area contributed by atoms with Gasteiger partial charge < -0.3 is 10.1 Å².